The number of carbonyl (C=O) groups excluding carboxylic acids is 1. The molecule has 0 aromatic heterocycles. The van der Waals surface area contributed by atoms with Crippen LogP contribution in [-0.4, -0.2) is 25.8 Å². The van der Waals surface area contributed by atoms with Crippen LogP contribution in [0.2, 0.25) is 0 Å². The van der Waals surface area contributed by atoms with Gasteiger partial charge < -0.3 is 9.47 Å². The van der Waals surface area contributed by atoms with E-state index < -0.39 is 5.79 Å². The van der Waals surface area contributed by atoms with Gasteiger partial charge in [-0.15, -0.1) is 0 Å². The van der Waals surface area contributed by atoms with Gasteiger partial charge in [0.15, 0.2) is 5.78 Å². The number of ether oxygens (including phenoxy) is 2. The second-order valence-corrected chi connectivity index (χ2v) is 4.10. The van der Waals surface area contributed by atoms with Crippen molar-refractivity contribution in [3.05, 3.63) is 60.2 Å². The first-order valence-corrected chi connectivity index (χ1v) is 5.79. The molecule has 0 heterocycles. The zero-order valence-corrected chi connectivity index (χ0v) is 10.5. The van der Waals surface area contributed by atoms with Crippen molar-refractivity contribution < 1.29 is 14.3 Å². The number of carbonyl (C=O) groups is 1. The SMILES string of the molecule is COC1(OC)C=CC(C(=O)c2ccccc2)C=C1. The number of allylic oxidation sites excluding steroid dienone is 2. The molecule has 0 fully saturated rings. The Bertz CT molecular complexity index is 454. The minimum Gasteiger partial charge on any atom is -0.346 e. The van der Waals surface area contributed by atoms with Gasteiger partial charge in [-0.25, -0.2) is 0 Å². The molecular weight excluding hydrogens is 228 g/mol. The summed E-state index contributed by atoms with van der Waals surface area (Å²) in [5.74, 6) is -1.03. The number of hydrogen-bond acceptors (Lipinski definition) is 3. The van der Waals surface area contributed by atoms with E-state index in [9.17, 15) is 4.79 Å². The largest absolute Gasteiger partial charge is 0.346 e. The van der Waals surface area contributed by atoms with E-state index in [0.717, 1.165) is 0 Å². The molecule has 1 aliphatic rings. The van der Waals surface area contributed by atoms with Gasteiger partial charge in [0, 0.05) is 19.8 Å². The van der Waals surface area contributed by atoms with Gasteiger partial charge in [-0.2, -0.15) is 0 Å². The molecule has 0 spiro atoms. The average molecular weight is 244 g/mol. The van der Waals surface area contributed by atoms with Crippen LogP contribution in [0.15, 0.2) is 54.6 Å². The Balaban J connectivity index is 2.15. The first-order chi connectivity index (χ1) is 8.71. The summed E-state index contributed by atoms with van der Waals surface area (Å²) in [6, 6.07) is 9.25. The van der Waals surface area contributed by atoms with Crippen LogP contribution in [0.5, 0.6) is 0 Å². The third-order valence-corrected chi connectivity index (χ3v) is 3.07. The zero-order chi connectivity index (χ0) is 13.0. The maximum absolute atomic E-state index is 12.2. The quantitative estimate of drug-likeness (QED) is 0.464. The summed E-state index contributed by atoms with van der Waals surface area (Å²) in [7, 11) is 3.13. The third kappa shape index (κ3) is 2.42. The molecule has 94 valence electrons. The van der Waals surface area contributed by atoms with Gasteiger partial charge in [0.05, 0.1) is 5.92 Å². The Morgan fingerprint density at radius 3 is 2.11 bits per heavy atom. The maximum atomic E-state index is 12.2. The molecule has 18 heavy (non-hydrogen) atoms. The zero-order valence-electron chi connectivity index (χ0n) is 10.5. The lowest BCUT2D eigenvalue weighted by Gasteiger charge is -2.27. The summed E-state index contributed by atoms with van der Waals surface area (Å²) in [6.07, 6.45) is 7.14. The highest BCUT2D eigenvalue weighted by atomic mass is 16.7. The predicted molar refractivity (Wildman–Crippen MR) is 69.3 cm³/mol. The minimum absolute atomic E-state index is 0.0731. The number of benzene rings is 1. The van der Waals surface area contributed by atoms with Gasteiger partial charge in [-0.1, -0.05) is 42.5 Å². The highest BCUT2D eigenvalue weighted by Crippen LogP contribution is 2.24. The second-order valence-electron chi connectivity index (χ2n) is 4.10. The third-order valence-electron chi connectivity index (χ3n) is 3.07. The molecule has 3 heteroatoms. The smallest absolute Gasteiger partial charge is 0.207 e. The van der Waals surface area contributed by atoms with Crippen molar-refractivity contribution in [1.82, 2.24) is 0 Å². The van der Waals surface area contributed by atoms with Crippen LogP contribution in [0.1, 0.15) is 10.4 Å². The first-order valence-electron chi connectivity index (χ1n) is 5.79. The molecule has 0 saturated heterocycles. The first kappa shape index (κ1) is 12.7. The van der Waals surface area contributed by atoms with Crippen LogP contribution in [0, 0.1) is 5.92 Å². The van der Waals surface area contributed by atoms with Gasteiger partial charge in [0.1, 0.15) is 0 Å². The number of ketones is 1. The van der Waals surface area contributed by atoms with E-state index in [4.69, 9.17) is 9.47 Å². The molecule has 0 radical (unpaired) electrons. The summed E-state index contributed by atoms with van der Waals surface area (Å²) in [4.78, 5) is 12.2. The number of hydrogen-bond donors (Lipinski definition) is 0. The van der Waals surface area contributed by atoms with Gasteiger partial charge in [-0.05, 0) is 12.2 Å². The molecule has 2 rings (SSSR count). The van der Waals surface area contributed by atoms with E-state index in [0.29, 0.717) is 5.56 Å². The molecule has 0 N–H and O–H groups in total. The van der Waals surface area contributed by atoms with Crippen molar-refractivity contribution in [2.75, 3.05) is 14.2 Å². The molecule has 0 amide bonds. The molecule has 3 nitrogen and oxygen atoms in total. The Morgan fingerprint density at radius 1 is 1.06 bits per heavy atom. The molecule has 0 aliphatic heterocycles. The van der Waals surface area contributed by atoms with Crippen LogP contribution in [-0.2, 0) is 9.47 Å². The second kappa shape index (κ2) is 5.29. The van der Waals surface area contributed by atoms with Crippen LogP contribution < -0.4 is 0 Å². The van der Waals surface area contributed by atoms with Gasteiger partial charge in [0.25, 0.3) is 0 Å². The summed E-state index contributed by atoms with van der Waals surface area (Å²) in [5.41, 5.74) is 0.708. The molecule has 0 bridgehead atoms. The standard InChI is InChI=1S/C15H16O3/c1-17-15(18-2)10-8-13(9-11-15)14(16)12-6-4-3-5-7-12/h3-11,13H,1-2H3. The summed E-state index contributed by atoms with van der Waals surface area (Å²) in [5, 5.41) is 0. The Hall–Kier alpha value is -1.71. The Morgan fingerprint density at radius 2 is 1.61 bits per heavy atom. The normalized spacial score (nSPS) is 17.9. The summed E-state index contributed by atoms with van der Waals surface area (Å²) < 4.78 is 10.5. The minimum atomic E-state index is -0.840. The molecular formula is C15H16O3. The van der Waals surface area contributed by atoms with Crippen molar-refractivity contribution in [3.63, 3.8) is 0 Å². The lowest BCUT2D eigenvalue weighted by atomic mass is 9.92. The van der Waals surface area contributed by atoms with Gasteiger partial charge >= 0.3 is 0 Å². The van der Waals surface area contributed by atoms with Crippen LogP contribution in [0.4, 0.5) is 0 Å². The molecule has 0 unspecified atom stereocenters. The highest BCUT2D eigenvalue weighted by Gasteiger charge is 2.28. The lowest BCUT2D eigenvalue weighted by molar-refractivity contribution is -0.134. The Kier molecular flexibility index (Phi) is 3.75. The summed E-state index contributed by atoms with van der Waals surface area (Å²) >= 11 is 0. The van der Waals surface area contributed by atoms with Gasteiger partial charge in [0.2, 0.25) is 5.79 Å². The maximum Gasteiger partial charge on any atom is 0.207 e. The van der Waals surface area contributed by atoms with Crippen LogP contribution in [0.3, 0.4) is 0 Å². The fourth-order valence-electron chi connectivity index (χ4n) is 1.92. The van der Waals surface area contributed by atoms with Crippen LogP contribution >= 0.6 is 0 Å². The number of rotatable bonds is 4. The predicted octanol–water partition coefficient (Wildman–Crippen LogP) is 2.60. The molecule has 0 saturated carbocycles. The van der Waals surface area contributed by atoms with Crippen molar-refractivity contribution in [2.24, 2.45) is 5.92 Å². The van der Waals surface area contributed by atoms with Crippen molar-refractivity contribution >= 4 is 5.78 Å². The molecule has 1 aromatic rings. The molecule has 1 aromatic carbocycles. The van der Waals surface area contributed by atoms with Gasteiger partial charge in [-0.3, -0.25) is 4.79 Å². The van der Waals surface area contributed by atoms with E-state index in [1.165, 1.54) is 0 Å². The van der Waals surface area contributed by atoms with E-state index in [-0.39, 0.29) is 11.7 Å². The topological polar surface area (TPSA) is 35.5 Å². The van der Waals surface area contributed by atoms with E-state index in [2.05, 4.69) is 0 Å². The lowest BCUT2D eigenvalue weighted by Crippen LogP contribution is -2.31. The van der Waals surface area contributed by atoms with E-state index in [1.54, 1.807) is 26.4 Å². The fourth-order valence-corrected chi connectivity index (χ4v) is 1.92. The molecule has 1 aliphatic carbocycles. The molecule has 0 atom stereocenters. The Labute approximate surface area is 107 Å². The van der Waals surface area contributed by atoms with E-state index >= 15 is 0 Å². The fraction of sp³-hybridized carbons (Fsp3) is 0.267. The number of Topliss-reactive ketones (excluding diaryl/α,β-unsaturated/α-hetero) is 1. The average Bonchev–Trinajstić information content (AvgIpc) is 2.47. The van der Waals surface area contributed by atoms with Crippen molar-refractivity contribution in [1.29, 1.82) is 0 Å². The highest BCUT2D eigenvalue weighted by molar-refractivity contribution is 6.00. The van der Waals surface area contributed by atoms with Crippen molar-refractivity contribution in [2.45, 2.75) is 5.79 Å². The number of methoxy groups -OCH3 is 2. The van der Waals surface area contributed by atoms with Crippen molar-refractivity contribution in [3.8, 4) is 0 Å². The van der Waals surface area contributed by atoms with Crippen LogP contribution in [0.25, 0.3) is 0 Å². The monoisotopic (exact) mass is 244 g/mol. The van der Waals surface area contributed by atoms with E-state index in [1.807, 2.05) is 42.5 Å². The summed E-state index contributed by atoms with van der Waals surface area (Å²) in [6.45, 7) is 0.